The van der Waals surface area contributed by atoms with Crippen LogP contribution in [0.15, 0.2) is 27.6 Å². The highest BCUT2D eigenvalue weighted by Crippen LogP contribution is 2.27. The van der Waals surface area contributed by atoms with E-state index in [2.05, 4.69) is 21.2 Å². The Morgan fingerprint density at radius 3 is 2.67 bits per heavy atom. The van der Waals surface area contributed by atoms with Crippen LogP contribution in [-0.2, 0) is 24.3 Å². The number of benzene rings is 1. The summed E-state index contributed by atoms with van der Waals surface area (Å²) in [6, 6.07) is 4.18. The van der Waals surface area contributed by atoms with Gasteiger partial charge < -0.3 is 14.8 Å². The predicted molar refractivity (Wildman–Crippen MR) is 102 cm³/mol. The molecule has 0 spiro atoms. The largest absolute Gasteiger partial charge is 0.452 e. The van der Waals surface area contributed by atoms with E-state index in [1.807, 2.05) is 6.92 Å². The van der Waals surface area contributed by atoms with E-state index in [4.69, 9.17) is 9.47 Å². The molecule has 150 valence electrons. The number of sulfonamides is 1. The van der Waals surface area contributed by atoms with Gasteiger partial charge >= 0.3 is 5.97 Å². The molecule has 8 nitrogen and oxygen atoms in total. The molecule has 0 radical (unpaired) electrons. The number of morpholine rings is 1. The topological polar surface area (TPSA) is 102 Å². The molecule has 1 amide bonds. The number of halogens is 1. The average molecular weight is 463 g/mol. The van der Waals surface area contributed by atoms with Crippen molar-refractivity contribution >= 4 is 37.8 Å². The predicted octanol–water partition coefficient (Wildman–Crippen LogP) is 1.54. The standard InChI is InChI=1S/C17H23BrN2O6S/c1-2-3-6-19-16(21)12-26-17(22)13-4-5-14(18)15(11-13)27(23,24)20-7-9-25-10-8-20/h4-5,11H,2-3,6-10,12H2,1H3,(H,19,21). The summed E-state index contributed by atoms with van der Waals surface area (Å²) in [7, 11) is -3.78. The normalized spacial score (nSPS) is 15.3. The molecule has 1 N–H and O–H groups in total. The minimum absolute atomic E-state index is 0.0220. The molecule has 0 saturated carbocycles. The maximum Gasteiger partial charge on any atom is 0.338 e. The quantitative estimate of drug-likeness (QED) is 0.464. The lowest BCUT2D eigenvalue weighted by Gasteiger charge is -2.26. The van der Waals surface area contributed by atoms with Crippen LogP contribution in [-0.4, -0.2) is 64.1 Å². The summed E-state index contributed by atoms with van der Waals surface area (Å²) in [5.41, 5.74) is 0.0615. The number of nitrogens with one attached hydrogen (secondary N) is 1. The zero-order valence-corrected chi connectivity index (χ0v) is 17.5. The van der Waals surface area contributed by atoms with Gasteiger partial charge in [0, 0.05) is 24.1 Å². The smallest absolute Gasteiger partial charge is 0.338 e. The van der Waals surface area contributed by atoms with Crippen molar-refractivity contribution in [2.75, 3.05) is 39.5 Å². The third-order valence-corrected chi connectivity index (χ3v) is 6.83. The second-order valence-electron chi connectivity index (χ2n) is 5.94. The van der Waals surface area contributed by atoms with Crippen LogP contribution in [0.3, 0.4) is 0 Å². The number of ether oxygens (including phenoxy) is 2. The van der Waals surface area contributed by atoms with E-state index in [0.29, 0.717) is 24.2 Å². The number of amides is 1. The van der Waals surface area contributed by atoms with E-state index in [0.717, 1.165) is 12.8 Å². The van der Waals surface area contributed by atoms with Crippen molar-refractivity contribution in [3.8, 4) is 0 Å². The number of unbranched alkanes of at least 4 members (excludes halogenated alkanes) is 1. The van der Waals surface area contributed by atoms with Gasteiger partial charge in [0.05, 0.1) is 23.7 Å². The van der Waals surface area contributed by atoms with Crippen LogP contribution in [0.4, 0.5) is 0 Å². The molecule has 1 fully saturated rings. The summed E-state index contributed by atoms with van der Waals surface area (Å²) in [6.07, 6.45) is 1.79. The molecule has 10 heteroatoms. The molecule has 2 rings (SSSR count). The summed E-state index contributed by atoms with van der Waals surface area (Å²) >= 11 is 3.23. The number of hydrogen-bond donors (Lipinski definition) is 1. The number of carbonyl (C=O) groups is 2. The molecule has 0 bridgehead atoms. The van der Waals surface area contributed by atoms with Gasteiger partial charge in [-0.1, -0.05) is 13.3 Å². The molecule has 0 atom stereocenters. The molecule has 1 aliphatic rings. The van der Waals surface area contributed by atoms with E-state index >= 15 is 0 Å². The second-order valence-corrected chi connectivity index (χ2v) is 8.70. The van der Waals surface area contributed by atoms with Gasteiger partial charge in [-0.2, -0.15) is 4.31 Å². The Bertz CT molecular complexity index is 778. The monoisotopic (exact) mass is 462 g/mol. The molecule has 0 aliphatic carbocycles. The summed E-state index contributed by atoms with van der Waals surface area (Å²) < 4.78 is 37.5. The number of esters is 1. The zero-order valence-electron chi connectivity index (χ0n) is 15.1. The minimum atomic E-state index is -3.78. The van der Waals surface area contributed by atoms with Gasteiger partial charge in [-0.3, -0.25) is 4.79 Å². The fraction of sp³-hybridized carbons (Fsp3) is 0.529. The van der Waals surface area contributed by atoms with E-state index in [1.54, 1.807) is 0 Å². The van der Waals surface area contributed by atoms with Crippen LogP contribution in [0.25, 0.3) is 0 Å². The third-order valence-electron chi connectivity index (χ3n) is 3.94. The molecule has 1 aromatic carbocycles. The van der Waals surface area contributed by atoms with Gasteiger partial charge in [0.2, 0.25) is 10.0 Å². The molecule has 27 heavy (non-hydrogen) atoms. The Kier molecular flexibility index (Phi) is 8.21. The van der Waals surface area contributed by atoms with Crippen LogP contribution in [0.5, 0.6) is 0 Å². The lowest BCUT2D eigenvalue weighted by molar-refractivity contribution is -0.124. The van der Waals surface area contributed by atoms with Crippen LogP contribution >= 0.6 is 15.9 Å². The first kappa shape index (κ1) is 21.8. The average Bonchev–Trinajstić information content (AvgIpc) is 2.67. The SMILES string of the molecule is CCCCNC(=O)COC(=O)c1ccc(Br)c(S(=O)(=O)N2CCOCC2)c1. The van der Waals surface area contributed by atoms with Gasteiger partial charge in [-0.05, 0) is 40.5 Å². The second kappa shape index (κ2) is 10.2. The van der Waals surface area contributed by atoms with Gasteiger partial charge in [-0.15, -0.1) is 0 Å². The van der Waals surface area contributed by atoms with Crippen molar-refractivity contribution in [3.63, 3.8) is 0 Å². The Morgan fingerprint density at radius 2 is 2.00 bits per heavy atom. The van der Waals surface area contributed by atoms with Crippen molar-refractivity contribution in [2.24, 2.45) is 0 Å². The number of rotatable bonds is 8. The lowest BCUT2D eigenvalue weighted by Crippen LogP contribution is -2.40. The van der Waals surface area contributed by atoms with Gasteiger partial charge in [0.15, 0.2) is 6.61 Å². The molecular weight excluding hydrogens is 440 g/mol. The van der Waals surface area contributed by atoms with Gasteiger partial charge in [0.1, 0.15) is 0 Å². The first-order chi connectivity index (χ1) is 12.9. The maximum atomic E-state index is 12.8. The highest BCUT2D eigenvalue weighted by atomic mass is 79.9. The third kappa shape index (κ3) is 6.00. The van der Waals surface area contributed by atoms with Crippen LogP contribution in [0, 0.1) is 0 Å². The summed E-state index contributed by atoms with van der Waals surface area (Å²) in [6.45, 7) is 3.26. The number of hydrogen-bond acceptors (Lipinski definition) is 6. The summed E-state index contributed by atoms with van der Waals surface area (Å²) in [4.78, 5) is 23.8. The molecule has 1 heterocycles. The Hall–Kier alpha value is -1.49. The molecule has 0 unspecified atom stereocenters. The molecule has 1 aliphatic heterocycles. The Labute approximate surface area is 167 Å². The fourth-order valence-corrected chi connectivity index (χ4v) is 4.78. The number of carbonyl (C=O) groups excluding carboxylic acids is 2. The minimum Gasteiger partial charge on any atom is -0.452 e. The molecule has 0 aromatic heterocycles. The van der Waals surface area contributed by atoms with Crippen molar-refractivity contribution in [1.29, 1.82) is 0 Å². The van der Waals surface area contributed by atoms with Gasteiger partial charge in [-0.25, -0.2) is 13.2 Å². The summed E-state index contributed by atoms with van der Waals surface area (Å²) in [5, 5.41) is 2.64. The Balaban J connectivity index is 2.07. The van der Waals surface area contributed by atoms with E-state index in [-0.39, 0.29) is 23.5 Å². The molecular formula is C17H23BrN2O6S. The molecule has 1 saturated heterocycles. The lowest BCUT2D eigenvalue weighted by atomic mass is 10.2. The van der Waals surface area contributed by atoms with E-state index in [9.17, 15) is 18.0 Å². The summed E-state index contributed by atoms with van der Waals surface area (Å²) in [5.74, 6) is -1.15. The first-order valence-corrected chi connectivity index (χ1v) is 10.9. The number of nitrogens with zero attached hydrogens (tertiary/aromatic N) is 1. The fourth-order valence-electron chi connectivity index (χ4n) is 2.42. The van der Waals surface area contributed by atoms with Crippen LogP contribution < -0.4 is 5.32 Å². The van der Waals surface area contributed by atoms with Crippen molar-refractivity contribution in [1.82, 2.24) is 9.62 Å². The van der Waals surface area contributed by atoms with Gasteiger partial charge in [0.25, 0.3) is 5.91 Å². The Morgan fingerprint density at radius 1 is 1.30 bits per heavy atom. The van der Waals surface area contributed by atoms with Crippen molar-refractivity contribution in [2.45, 2.75) is 24.7 Å². The molecule has 1 aromatic rings. The maximum absolute atomic E-state index is 12.8. The highest BCUT2D eigenvalue weighted by molar-refractivity contribution is 9.10. The van der Waals surface area contributed by atoms with Crippen molar-refractivity contribution < 1.29 is 27.5 Å². The zero-order chi connectivity index (χ0) is 19.9. The highest BCUT2D eigenvalue weighted by Gasteiger charge is 2.29. The van der Waals surface area contributed by atoms with Crippen LogP contribution in [0.1, 0.15) is 30.1 Å². The van der Waals surface area contributed by atoms with Crippen LogP contribution in [0.2, 0.25) is 0 Å². The first-order valence-electron chi connectivity index (χ1n) is 8.67. The van der Waals surface area contributed by atoms with E-state index in [1.165, 1.54) is 22.5 Å². The van der Waals surface area contributed by atoms with Crippen molar-refractivity contribution in [3.05, 3.63) is 28.2 Å². The van der Waals surface area contributed by atoms with E-state index < -0.39 is 28.5 Å².